The van der Waals surface area contributed by atoms with Crippen molar-refractivity contribution in [2.24, 2.45) is 5.73 Å². The summed E-state index contributed by atoms with van der Waals surface area (Å²) in [5.41, 5.74) is 6.55. The van der Waals surface area contributed by atoms with Crippen LogP contribution in [-0.4, -0.2) is 61.2 Å². The Hall–Kier alpha value is -1.40. The van der Waals surface area contributed by atoms with Crippen LogP contribution < -0.4 is 15.4 Å². The van der Waals surface area contributed by atoms with Crippen molar-refractivity contribution in [3.05, 3.63) is 11.9 Å². The predicted octanol–water partition coefficient (Wildman–Crippen LogP) is 1.04. The van der Waals surface area contributed by atoms with Crippen molar-refractivity contribution in [3.63, 3.8) is 0 Å². The quantitative estimate of drug-likeness (QED) is 0.758. The number of piperazine rings is 1. The van der Waals surface area contributed by atoms with Crippen LogP contribution in [0.25, 0.3) is 0 Å². The Morgan fingerprint density at radius 1 is 1.14 bits per heavy atom. The van der Waals surface area contributed by atoms with Crippen LogP contribution in [0, 0.1) is 6.92 Å². The van der Waals surface area contributed by atoms with E-state index in [0.717, 1.165) is 50.5 Å². The van der Waals surface area contributed by atoms with Crippen LogP contribution in [0.1, 0.15) is 24.8 Å². The molecule has 1 aliphatic heterocycles. The van der Waals surface area contributed by atoms with E-state index in [0.29, 0.717) is 5.88 Å². The second-order valence-electron chi connectivity index (χ2n) is 5.51. The maximum atomic E-state index is 5.53. The summed E-state index contributed by atoms with van der Waals surface area (Å²) in [6.45, 7) is 8.22. The summed E-state index contributed by atoms with van der Waals surface area (Å²) in [6, 6.07) is 0. The SMILES string of the molecule is COc1ncnc(N2CCN(CCCCCN)CC2)c1C. The molecular formula is C15H27N5O. The summed E-state index contributed by atoms with van der Waals surface area (Å²) in [6.07, 6.45) is 5.21. The zero-order valence-electron chi connectivity index (χ0n) is 13.2. The molecular weight excluding hydrogens is 266 g/mol. The molecule has 0 atom stereocenters. The number of hydrogen-bond acceptors (Lipinski definition) is 6. The van der Waals surface area contributed by atoms with Gasteiger partial charge >= 0.3 is 0 Å². The molecule has 0 unspecified atom stereocenters. The minimum atomic E-state index is 0.671. The molecule has 0 radical (unpaired) electrons. The summed E-state index contributed by atoms with van der Waals surface area (Å²) in [5.74, 6) is 1.67. The minimum Gasteiger partial charge on any atom is -0.481 e. The van der Waals surface area contributed by atoms with Crippen molar-refractivity contribution in [1.29, 1.82) is 0 Å². The van der Waals surface area contributed by atoms with Crippen molar-refractivity contribution in [2.45, 2.75) is 26.2 Å². The molecule has 1 aromatic heterocycles. The fourth-order valence-corrected chi connectivity index (χ4v) is 2.79. The van der Waals surface area contributed by atoms with Crippen LogP contribution in [0.4, 0.5) is 5.82 Å². The second kappa shape index (κ2) is 8.14. The predicted molar refractivity (Wildman–Crippen MR) is 84.9 cm³/mol. The first-order chi connectivity index (χ1) is 10.3. The average Bonchev–Trinajstić information content (AvgIpc) is 2.53. The summed E-state index contributed by atoms with van der Waals surface area (Å²) < 4.78 is 5.28. The molecule has 6 heteroatoms. The molecule has 0 saturated carbocycles. The number of aromatic nitrogens is 2. The molecule has 2 heterocycles. The highest BCUT2D eigenvalue weighted by Crippen LogP contribution is 2.24. The first-order valence-electron chi connectivity index (χ1n) is 7.79. The van der Waals surface area contributed by atoms with E-state index in [4.69, 9.17) is 10.5 Å². The Morgan fingerprint density at radius 3 is 2.57 bits per heavy atom. The second-order valence-corrected chi connectivity index (χ2v) is 5.51. The maximum absolute atomic E-state index is 5.53. The molecule has 1 aromatic rings. The highest BCUT2D eigenvalue weighted by molar-refractivity contribution is 5.50. The number of nitrogens with two attached hydrogens (primary N) is 1. The van der Waals surface area contributed by atoms with Crippen molar-refractivity contribution in [1.82, 2.24) is 14.9 Å². The molecule has 0 spiro atoms. The highest BCUT2D eigenvalue weighted by Gasteiger charge is 2.20. The van der Waals surface area contributed by atoms with Gasteiger partial charge in [-0.2, -0.15) is 0 Å². The van der Waals surface area contributed by atoms with Gasteiger partial charge in [0.1, 0.15) is 12.1 Å². The Kier molecular flexibility index (Phi) is 6.20. The van der Waals surface area contributed by atoms with Gasteiger partial charge in [0.05, 0.1) is 12.7 Å². The summed E-state index contributed by atoms with van der Waals surface area (Å²) in [7, 11) is 1.65. The van der Waals surface area contributed by atoms with E-state index in [9.17, 15) is 0 Å². The Morgan fingerprint density at radius 2 is 1.90 bits per heavy atom. The summed E-state index contributed by atoms with van der Waals surface area (Å²) >= 11 is 0. The largest absolute Gasteiger partial charge is 0.481 e. The van der Waals surface area contributed by atoms with E-state index >= 15 is 0 Å². The molecule has 0 bridgehead atoms. The van der Waals surface area contributed by atoms with Crippen LogP contribution in [-0.2, 0) is 0 Å². The zero-order chi connectivity index (χ0) is 15.1. The normalized spacial score (nSPS) is 16.2. The van der Waals surface area contributed by atoms with E-state index < -0.39 is 0 Å². The lowest BCUT2D eigenvalue weighted by molar-refractivity contribution is 0.251. The van der Waals surface area contributed by atoms with Gasteiger partial charge in [-0.1, -0.05) is 6.42 Å². The van der Waals surface area contributed by atoms with Gasteiger partial charge in [-0.25, -0.2) is 9.97 Å². The van der Waals surface area contributed by atoms with Crippen LogP contribution in [0.2, 0.25) is 0 Å². The van der Waals surface area contributed by atoms with E-state index in [1.807, 2.05) is 6.92 Å². The fourth-order valence-electron chi connectivity index (χ4n) is 2.79. The zero-order valence-corrected chi connectivity index (χ0v) is 13.2. The number of hydrogen-bond donors (Lipinski definition) is 1. The van der Waals surface area contributed by atoms with Crippen molar-refractivity contribution >= 4 is 5.82 Å². The lowest BCUT2D eigenvalue weighted by Crippen LogP contribution is -2.47. The van der Waals surface area contributed by atoms with Gasteiger partial charge in [0.2, 0.25) is 5.88 Å². The molecule has 1 saturated heterocycles. The smallest absolute Gasteiger partial charge is 0.221 e. The average molecular weight is 293 g/mol. The van der Waals surface area contributed by atoms with Gasteiger partial charge in [0, 0.05) is 26.2 Å². The Bertz CT molecular complexity index is 432. The van der Waals surface area contributed by atoms with E-state index in [1.165, 1.54) is 19.4 Å². The molecule has 6 nitrogen and oxygen atoms in total. The third kappa shape index (κ3) is 4.28. The molecule has 1 aliphatic rings. The molecule has 1 fully saturated rings. The van der Waals surface area contributed by atoms with Gasteiger partial charge < -0.3 is 15.4 Å². The van der Waals surface area contributed by atoms with Gasteiger partial charge in [-0.15, -0.1) is 0 Å². The third-order valence-corrected chi connectivity index (χ3v) is 4.05. The summed E-state index contributed by atoms with van der Waals surface area (Å²) in [5, 5.41) is 0. The van der Waals surface area contributed by atoms with Crippen LogP contribution in [0.15, 0.2) is 6.33 Å². The topological polar surface area (TPSA) is 67.5 Å². The van der Waals surface area contributed by atoms with E-state index in [-0.39, 0.29) is 0 Å². The van der Waals surface area contributed by atoms with Crippen LogP contribution in [0.3, 0.4) is 0 Å². The Labute approximate surface area is 127 Å². The van der Waals surface area contributed by atoms with Crippen molar-refractivity contribution in [3.8, 4) is 5.88 Å². The molecule has 0 amide bonds. The first kappa shape index (κ1) is 16.0. The number of methoxy groups -OCH3 is 1. The van der Waals surface area contributed by atoms with Crippen molar-refractivity contribution in [2.75, 3.05) is 51.3 Å². The minimum absolute atomic E-state index is 0.671. The summed E-state index contributed by atoms with van der Waals surface area (Å²) in [4.78, 5) is 13.4. The molecule has 0 aliphatic carbocycles. The molecule has 118 valence electrons. The third-order valence-electron chi connectivity index (χ3n) is 4.05. The van der Waals surface area contributed by atoms with Crippen LogP contribution in [0.5, 0.6) is 5.88 Å². The number of nitrogens with zero attached hydrogens (tertiary/aromatic N) is 4. The van der Waals surface area contributed by atoms with Gasteiger partial charge in [0.15, 0.2) is 0 Å². The van der Waals surface area contributed by atoms with E-state index in [1.54, 1.807) is 13.4 Å². The highest BCUT2D eigenvalue weighted by atomic mass is 16.5. The number of anilines is 1. The number of rotatable bonds is 7. The Balaban J connectivity index is 1.84. The molecule has 2 rings (SSSR count). The lowest BCUT2D eigenvalue weighted by Gasteiger charge is -2.36. The molecule has 21 heavy (non-hydrogen) atoms. The molecule has 2 N–H and O–H groups in total. The maximum Gasteiger partial charge on any atom is 0.221 e. The van der Waals surface area contributed by atoms with Crippen LogP contribution >= 0.6 is 0 Å². The number of unbranched alkanes of at least 4 members (excludes halogenated alkanes) is 2. The fraction of sp³-hybridized carbons (Fsp3) is 0.733. The van der Waals surface area contributed by atoms with E-state index in [2.05, 4.69) is 19.8 Å². The van der Waals surface area contributed by atoms with Crippen molar-refractivity contribution < 1.29 is 4.74 Å². The number of ether oxygens (including phenoxy) is 1. The van der Waals surface area contributed by atoms with Gasteiger partial charge in [-0.05, 0) is 32.9 Å². The monoisotopic (exact) mass is 293 g/mol. The molecule has 0 aromatic carbocycles. The lowest BCUT2D eigenvalue weighted by atomic mass is 10.2. The van der Waals surface area contributed by atoms with Gasteiger partial charge in [-0.3, -0.25) is 4.90 Å². The standard InChI is InChI=1S/C15H27N5O/c1-13-14(17-12-18-15(13)21-2)20-10-8-19(9-11-20)7-5-3-4-6-16/h12H,3-11,16H2,1-2H3. The van der Waals surface area contributed by atoms with Gasteiger partial charge in [0.25, 0.3) is 0 Å². The first-order valence-corrected chi connectivity index (χ1v) is 7.79.